The molecule has 1 amide bonds. The van der Waals surface area contributed by atoms with Crippen molar-refractivity contribution in [3.05, 3.63) is 0 Å². The lowest BCUT2D eigenvalue weighted by atomic mass is 9.78. The van der Waals surface area contributed by atoms with Crippen LogP contribution in [0, 0.1) is 5.41 Å². The minimum Gasteiger partial charge on any atom is -0.381 e. The topological polar surface area (TPSA) is 41.6 Å². The van der Waals surface area contributed by atoms with E-state index in [0.29, 0.717) is 25.0 Å². The van der Waals surface area contributed by atoms with E-state index in [2.05, 4.69) is 5.32 Å². The molecule has 2 aliphatic rings. The van der Waals surface area contributed by atoms with E-state index in [9.17, 15) is 4.79 Å². The van der Waals surface area contributed by atoms with Crippen LogP contribution in [0.25, 0.3) is 0 Å². The Morgan fingerprint density at radius 3 is 2.72 bits per heavy atom. The first-order chi connectivity index (χ1) is 8.26. The Morgan fingerprint density at radius 1 is 1.33 bits per heavy atom. The van der Waals surface area contributed by atoms with Crippen molar-refractivity contribution in [1.29, 1.82) is 0 Å². The highest BCUT2D eigenvalue weighted by molar-refractivity contribution is 5.85. The Morgan fingerprint density at radius 2 is 2.06 bits per heavy atom. The predicted octanol–water partition coefficient (Wildman–Crippen LogP) is 1.44. The van der Waals surface area contributed by atoms with Crippen molar-refractivity contribution >= 4 is 18.3 Å². The number of likely N-dealkylation sites (tertiary alicyclic amines) is 1. The smallest absolute Gasteiger partial charge is 0.224 e. The molecule has 4 nitrogen and oxygen atoms in total. The molecule has 1 N–H and O–H groups in total. The number of carbonyl (C=O) groups excluding carboxylic acids is 1. The van der Waals surface area contributed by atoms with Crippen LogP contribution in [0.2, 0.25) is 0 Å². The second-order valence-corrected chi connectivity index (χ2v) is 5.26. The van der Waals surface area contributed by atoms with E-state index in [1.54, 1.807) is 0 Å². The molecule has 0 radical (unpaired) electrons. The van der Waals surface area contributed by atoms with Crippen LogP contribution in [0.3, 0.4) is 0 Å². The molecule has 0 aliphatic carbocycles. The van der Waals surface area contributed by atoms with E-state index >= 15 is 0 Å². The van der Waals surface area contributed by atoms with Crippen LogP contribution in [0.15, 0.2) is 0 Å². The summed E-state index contributed by atoms with van der Waals surface area (Å²) in [5.74, 6) is 0.272. The molecule has 2 fully saturated rings. The molecule has 0 unspecified atom stereocenters. The molecule has 0 aromatic carbocycles. The van der Waals surface area contributed by atoms with E-state index in [0.717, 1.165) is 26.2 Å². The largest absolute Gasteiger partial charge is 0.381 e. The summed E-state index contributed by atoms with van der Waals surface area (Å²) < 4.78 is 5.24. The first kappa shape index (κ1) is 15.7. The Balaban J connectivity index is 0.00000162. The highest BCUT2D eigenvalue weighted by Gasteiger charge is 2.40. The zero-order valence-corrected chi connectivity index (χ0v) is 12.1. The molecule has 2 saturated heterocycles. The molecule has 2 heterocycles. The van der Waals surface area contributed by atoms with Crippen molar-refractivity contribution < 1.29 is 9.53 Å². The minimum atomic E-state index is 0. The SMILES string of the molecule is CCOCCC(=O)N1CCC2(CCNCC2)C1.Cl. The van der Waals surface area contributed by atoms with E-state index in [-0.39, 0.29) is 18.3 Å². The lowest BCUT2D eigenvalue weighted by Gasteiger charge is -2.33. The molecule has 5 heteroatoms. The third-order valence-electron chi connectivity index (χ3n) is 4.12. The average molecular weight is 277 g/mol. The monoisotopic (exact) mass is 276 g/mol. The normalized spacial score (nSPS) is 21.9. The maximum atomic E-state index is 12.0. The fourth-order valence-corrected chi connectivity index (χ4v) is 2.98. The maximum absolute atomic E-state index is 12.0. The summed E-state index contributed by atoms with van der Waals surface area (Å²) >= 11 is 0. The summed E-state index contributed by atoms with van der Waals surface area (Å²) in [4.78, 5) is 14.0. The van der Waals surface area contributed by atoms with Gasteiger partial charge in [0, 0.05) is 19.7 Å². The molecule has 0 aromatic rings. The van der Waals surface area contributed by atoms with E-state index in [4.69, 9.17) is 4.74 Å². The Bertz CT molecular complexity index is 268. The third kappa shape index (κ3) is 3.84. The van der Waals surface area contributed by atoms with Crippen LogP contribution in [-0.4, -0.2) is 50.2 Å². The summed E-state index contributed by atoms with van der Waals surface area (Å²) in [5, 5.41) is 3.40. The van der Waals surface area contributed by atoms with Gasteiger partial charge in [0.1, 0.15) is 0 Å². The summed E-state index contributed by atoms with van der Waals surface area (Å²) in [7, 11) is 0. The molecule has 2 rings (SSSR count). The molecule has 18 heavy (non-hydrogen) atoms. The van der Waals surface area contributed by atoms with Crippen molar-refractivity contribution in [2.45, 2.75) is 32.6 Å². The highest BCUT2D eigenvalue weighted by atomic mass is 35.5. The van der Waals surface area contributed by atoms with Gasteiger partial charge in [0.15, 0.2) is 0 Å². The van der Waals surface area contributed by atoms with Crippen molar-refractivity contribution in [2.24, 2.45) is 5.41 Å². The number of nitrogens with one attached hydrogen (secondary N) is 1. The van der Waals surface area contributed by atoms with Crippen molar-refractivity contribution in [1.82, 2.24) is 10.2 Å². The number of halogens is 1. The molecule has 0 atom stereocenters. The number of nitrogens with zero attached hydrogens (tertiary/aromatic N) is 1. The van der Waals surface area contributed by atoms with Gasteiger partial charge in [-0.15, -0.1) is 12.4 Å². The van der Waals surface area contributed by atoms with Gasteiger partial charge in [-0.25, -0.2) is 0 Å². The number of hydrogen-bond acceptors (Lipinski definition) is 3. The predicted molar refractivity (Wildman–Crippen MR) is 74.1 cm³/mol. The molecule has 0 aromatic heterocycles. The lowest BCUT2D eigenvalue weighted by Crippen LogP contribution is -2.39. The van der Waals surface area contributed by atoms with Crippen LogP contribution in [0.1, 0.15) is 32.6 Å². The van der Waals surface area contributed by atoms with Gasteiger partial charge in [-0.2, -0.15) is 0 Å². The van der Waals surface area contributed by atoms with Crippen LogP contribution in [0.4, 0.5) is 0 Å². The van der Waals surface area contributed by atoms with E-state index < -0.39 is 0 Å². The Hall–Kier alpha value is -0.320. The quantitative estimate of drug-likeness (QED) is 0.790. The first-order valence-corrected chi connectivity index (χ1v) is 6.82. The van der Waals surface area contributed by atoms with Crippen LogP contribution >= 0.6 is 12.4 Å². The van der Waals surface area contributed by atoms with Gasteiger partial charge >= 0.3 is 0 Å². The zero-order chi connectivity index (χ0) is 12.1. The summed E-state index contributed by atoms with van der Waals surface area (Å²) in [5.41, 5.74) is 0.423. The zero-order valence-electron chi connectivity index (χ0n) is 11.2. The van der Waals surface area contributed by atoms with Gasteiger partial charge in [-0.05, 0) is 44.7 Å². The summed E-state index contributed by atoms with van der Waals surface area (Å²) in [6.07, 6.45) is 4.18. The van der Waals surface area contributed by atoms with Crippen LogP contribution in [-0.2, 0) is 9.53 Å². The fraction of sp³-hybridized carbons (Fsp3) is 0.923. The molecular weight excluding hydrogens is 252 g/mol. The lowest BCUT2D eigenvalue weighted by molar-refractivity contribution is -0.131. The van der Waals surface area contributed by atoms with Gasteiger partial charge in [0.05, 0.1) is 13.0 Å². The summed E-state index contributed by atoms with van der Waals surface area (Å²) in [6.45, 7) is 7.38. The number of rotatable bonds is 4. The van der Waals surface area contributed by atoms with E-state index in [1.165, 1.54) is 19.3 Å². The van der Waals surface area contributed by atoms with Crippen molar-refractivity contribution in [3.8, 4) is 0 Å². The highest BCUT2D eigenvalue weighted by Crippen LogP contribution is 2.38. The first-order valence-electron chi connectivity index (χ1n) is 6.82. The van der Waals surface area contributed by atoms with Crippen molar-refractivity contribution in [3.63, 3.8) is 0 Å². The Kier molecular flexibility index (Phi) is 6.39. The van der Waals surface area contributed by atoms with E-state index in [1.807, 2.05) is 11.8 Å². The number of piperidine rings is 1. The second-order valence-electron chi connectivity index (χ2n) is 5.26. The fourth-order valence-electron chi connectivity index (χ4n) is 2.98. The Labute approximate surface area is 116 Å². The third-order valence-corrected chi connectivity index (χ3v) is 4.12. The van der Waals surface area contributed by atoms with Gasteiger partial charge in [0.25, 0.3) is 0 Å². The second kappa shape index (κ2) is 7.31. The molecular formula is C13H25ClN2O2. The molecule has 2 aliphatic heterocycles. The standard InChI is InChI=1S/C13H24N2O2.ClH/c1-2-17-10-3-12(16)15-9-6-13(11-15)4-7-14-8-5-13;/h14H,2-11H2,1H3;1H. The molecule has 0 saturated carbocycles. The average Bonchev–Trinajstić information content (AvgIpc) is 2.74. The van der Waals surface area contributed by atoms with Crippen molar-refractivity contribution in [2.75, 3.05) is 39.4 Å². The molecule has 1 spiro atoms. The summed E-state index contributed by atoms with van der Waals surface area (Å²) in [6, 6.07) is 0. The number of hydrogen-bond donors (Lipinski definition) is 1. The van der Waals surface area contributed by atoms with Crippen LogP contribution < -0.4 is 5.32 Å². The number of amides is 1. The van der Waals surface area contributed by atoms with Gasteiger partial charge in [-0.3, -0.25) is 4.79 Å². The van der Waals surface area contributed by atoms with Crippen LogP contribution in [0.5, 0.6) is 0 Å². The van der Waals surface area contributed by atoms with Gasteiger partial charge in [-0.1, -0.05) is 0 Å². The molecule has 106 valence electrons. The molecule has 0 bridgehead atoms. The van der Waals surface area contributed by atoms with Gasteiger partial charge in [0.2, 0.25) is 5.91 Å². The maximum Gasteiger partial charge on any atom is 0.224 e. The number of ether oxygens (including phenoxy) is 1. The minimum absolute atomic E-state index is 0. The van der Waals surface area contributed by atoms with Gasteiger partial charge < -0.3 is 15.0 Å². The number of carbonyl (C=O) groups is 1.